The molecule has 12 heteroatoms. The van der Waals surface area contributed by atoms with E-state index in [9.17, 15) is 9.59 Å². The van der Waals surface area contributed by atoms with E-state index in [0.29, 0.717) is 38.2 Å². The molecule has 4 aromatic rings. The van der Waals surface area contributed by atoms with Crippen molar-refractivity contribution in [2.75, 3.05) is 25.5 Å². The number of halogens is 1. The molecule has 0 atom stereocenters. The zero-order valence-corrected chi connectivity index (χ0v) is 20.0. The zero-order chi connectivity index (χ0) is 23.8. The molecule has 2 amide bonds. The van der Waals surface area contributed by atoms with E-state index >= 15 is 0 Å². The van der Waals surface area contributed by atoms with Crippen molar-refractivity contribution < 1.29 is 14.3 Å². The highest BCUT2D eigenvalue weighted by Gasteiger charge is 2.24. The number of hydrogen-bond acceptors (Lipinski definition) is 8. The second-order valence-corrected chi connectivity index (χ2v) is 9.14. The molecule has 34 heavy (non-hydrogen) atoms. The van der Waals surface area contributed by atoms with Crippen molar-refractivity contribution in [1.82, 2.24) is 29.5 Å². The minimum absolute atomic E-state index is 0.0962. The lowest BCUT2D eigenvalue weighted by Gasteiger charge is -2.13. The van der Waals surface area contributed by atoms with Gasteiger partial charge in [0, 0.05) is 36.1 Å². The first-order chi connectivity index (χ1) is 16.4. The summed E-state index contributed by atoms with van der Waals surface area (Å²) in [6.07, 6.45) is 6.61. The fourth-order valence-corrected chi connectivity index (χ4v) is 4.79. The number of aryl methyl sites for hydroxylation is 1. The average Bonchev–Trinajstić information content (AvgIpc) is 3.55. The molecule has 0 radical (unpaired) electrons. The van der Waals surface area contributed by atoms with Crippen LogP contribution in [0.15, 0.2) is 30.7 Å². The number of likely N-dealkylation sites (tertiary alicyclic amines) is 1. The Bertz CT molecular complexity index is 1380. The number of nitrogens with one attached hydrogen (secondary N) is 1. The maximum atomic E-state index is 13.2. The highest BCUT2D eigenvalue weighted by molar-refractivity contribution is 7.20. The number of aromatic nitrogens is 5. The molecule has 1 N–H and O–H groups in total. The molecule has 174 valence electrons. The van der Waals surface area contributed by atoms with Crippen LogP contribution in [0.1, 0.15) is 39.4 Å². The Morgan fingerprint density at radius 1 is 1.15 bits per heavy atom. The predicted molar refractivity (Wildman–Crippen MR) is 128 cm³/mol. The second-order valence-electron chi connectivity index (χ2n) is 7.79. The molecule has 0 aliphatic carbocycles. The van der Waals surface area contributed by atoms with Gasteiger partial charge in [-0.3, -0.25) is 19.9 Å². The van der Waals surface area contributed by atoms with Crippen molar-refractivity contribution in [3.63, 3.8) is 0 Å². The van der Waals surface area contributed by atoms with Gasteiger partial charge in [0.2, 0.25) is 10.1 Å². The van der Waals surface area contributed by atoms with E-state index in [1.807, 2.05) is 6.92 Å². The lowest BCUT2D eigenvalue weighted by molar-refractivity contribution is 0.0787. The fraction of sp³-hybridized carbons (Fsp3) is 0.273. The van der Waals surface area contributed by atoms with Gasteiger partial charge in [-0.15, -0.1) is 5.10 Å². The Balaban J connectivity index is 1.42. The van der Waals surface area contributed by atoms with Crippen LogP contribution in [0.4, 0.5) is 5.13 Å². The number of amides is 2. The predicted octanol–water partition coefficient (Wildman–Crippen LogP) is 3.71. The molecule has 5 heterocycles. The smallest absolute Gasteiger partial charge is 0.274 e. The molecule has 0 unspecified atom stereocenters. The normalized spacial score (nSPS) is 13.4. The van der Waals surface area contributed by atoms with E-state index < -0.39 is 5.91 Å². The number of ether oxygens (including phenoxy) is 1. The highest BCUT2D eigenvalue weighted by atomic mass is 35.5. The average molecular weight is 498 g/mol. The minimum atomic E-state index is -0.400. The Morgan fingerprint density at radius 2 is 1.94 bits per heavy atom. The summed E-state index contributed by atoms with van der Waals surface area (Å²) in [5.74, 6) is -0.0176. The minimum Gasteiger partial charge on any atom is -0.494 e. The molecule has 1 aliphatic heterocycles. The Kier molecular flexibility index (Phi) is 5.88. The molecule has 4 aromatic heterocycles. The molecule has 0 spiro atoms. The van der Waals surface area contributed by atoms with E-state index in [1.165, 1.54) is 35.4 Å². The number of nitrogens with zero attached hydrogens (tertiary/aromatic N) is 6. The molecule has 0 bridgehead atoms. The number of fused-ring (bicyclic) bond motifs is 1. The first-order valence-corrected chi connectivity index (χ1v) is 11.8. The molecule has 10 nitrogen and oxygen atoms in total. The van der Waals surface area contributed by atoms with Crippen molar-refractivity contribution >= 4 is 44.8 Å². The van der Waals surface area contributed by atoms with Crippen molar-refractivity contribution in [3.8, 4) is 16.9 Å². The molecule has 1 fully saturated rings. The van der Waals surface area contributed by atoms with Crippen LogP contribution in [0, 0.1) is 6.92 Å². The van der Waals surface area contributed by atoms with E-state index in [4.69, 9.17) is 16.3 Å². The number of rotatable bonds is 5. The van der Waals surface area contributed by atoms with Crippen molar-refractivity contribution in [2.24, 2.45) is 0 Å². The van der Waals surface area contributed by atoms with Crippen LogP contribution in [0.2, 0.25) is 5.15 Å². The van der Waals surface area contributed by atoms with Gasteiger partial charge in [0.15, 0.2) is 0 Å². The van der Waals surface area contributed by atoms with Gasteiger partial charge in [0.25, 0.3) is 11.8 Å². The summed E-state index contributed by atoms with van der Waals surface area (Å²) in [7, 11) is 1.52. The van der Waals surface area contributed by atoms with Gasteiger partial charge >= 0.3 is 0 Å². The van der Waals surface area contributed by atoms with Gasteiger partial charge in [-0.2, -0.15) is 0 Å². The summed E-state index contributed by atoms with van der Waals surface area (Å²) in [6.45, 7) is 3.33. The maximum absolute atomic E-state index is 13.2. The molecule has 5 rings (SSSR count). The SMILES string of the molecule is COc1cnc(Cl)cc1-c1cc(C)ncc1C(=O)Nc1nn2cc(C(=O)N3CCCC3)nc2s1. The molecule has 1 saturated heterocycles. The topological polar surface area (TPSA) is 115 Å². The number of carbonyl (C=O) groups excluding carboxylic acids is 2. The van der Waals surface area contributed by atoms with E-state index in [1.54, 1.807) is 23.2 Å². The van der Waals surface area contributed by atoms with Gasteiger partial charge in [0.1, 0.15) is 16.6 Å². The van der Waals surface area contributed by atoms with E-state index in [-0.39, 0.29) is 11.1 Å². The monoisotopic (exact) mass is 497 g/mol. The molecule has 0 aromatic carbocycles. The maximum Gasteiger partial charge on any atom is 0.274 e. The van der Waals surface area contributed by atoms with Crippen LogP contribution in [0.5, 0.6) is 5.75 Å². The van der Waals surface area contributed by atoms with Gasteiger partial charge in [-0.1, -0.05) is 22.9 Å². The van der Waals surface area contributed by atoms with Gasteiger partial charge in [0.05, 0.1) is 25.1 Å². The van der Waals surface area contributed by atoms with Crippen LogP contribution in [-0.2, 0) is 0 Å². The quantitative estimate of drug-likeness (QED) is 0.418. The van der Waals surface area contributed by atoms with Crippen molar-refractivity contribution in [3.05, 3.63) is 52.8 Å². The summed E-state index contributed by atoms with van der Waals surface area (Å²) in [5, 5.41) is 7.79. The van der Waals surface area contributed by atoms with E-state index in [2.05, 4.69) is 25.4 Å². The lowest BCUT2D eigenvalue weighted by Crippen LogP contribution is -2.27. The summed E-state index contributed by atoms with van der Waals surface area (Å²) < 4.78 is 6.92. The van der Waals surface area contributed by atoms with Crippen molar-refractivity contribution in [1.29, 1.82) is 0 Å². The highest BCUT2D eigenvalue weighted by Crippen LogP contribution is 2.34. The number of pyridine rings is 2. The second kappa shape index (κ2) is 8.99. The van der Waals surface area contributed by atoms with Gasteiger partial charge < -0.3 is 9.64 Å². The Hall–Kier alpha value is -3.57. The molecular weight excluding hydrogens is 478 g/mol. The molecular formula is C22H20ClN7O3S. The standard InChI is InChI=1S/C22H20ClN7O3S/c1-12-7-13(14-8-18(23)25-10-17(14)33-2)15(9-24-12)19(31)27-21-28-30-11-16(26-22(30)34-21)20(32)29-5-3-4-6-29/h7-11H,3-6H2,1-2H3,(H,27,28,31). The fourth-order valence-electron chi connectivity index (χ4n) is 3.85. The van der Waals surface area contributed by atoms with Crippen LogP contribution in [0.3, 0.4) is 0 Å². The largest absolute Gasteiger partial charge is 0.494 e. The summed E-state index contributed by atoms with van der Waals surface area (Å²) in [5.41, 5.74) is 2.63. The van der Waals surface area contributed by atoms with Crippen LogP contribution >= 0.6 is 22.9 Å². The van der Waals surface area contributed by atoms with Gasteiger partial charge in [-0.05, 0) is 31.9 Å². The summed E-state index contributed by atoms with van der Waals surface area (Å²) in [4.78, 5) is 40.8. The third kappa shape index (κ3) is 4.19. The summed E-state index contributed by atoms with van der Waals surface area (Å²) in [6, 6.07) is 3.43. The first kappa shape index (κ1) is 22.2. The molecule has 1 aliphatic rings. The Labute approximate surface area is 203 Å². The third-order valence-electron chi connectivity index (χ3n) is 5.51. The van der Waals surface area contributed by atoms with Crippen LogP contribution in [-0.4, -0.2) is 61.5 Å². The number of anilines is 1. The number of hydrogen-bond donors (Lipinski definition) is 1. The third-order valence-corrected chi connectivity index (χ3v) is 6.55. The Morgan fingerprint density at radius 3 is 2.68 bits per heavy atom. The number of imidazole rings is 1. The number of methoxy groups -OCH3 is 1. The first-order valence-electron chi connectivity index (χ1n) is 10.6. The van der Waals surface area contributed by atoms with Crippen LogP contribution in [0.25, 0.3) is 16.1 Å². The van der Waals surface area contributed by atoms with Gasteiger partial charge in [-0.25, -0.2) is 14.5 Å². The zero-order valence-electron chi connectivity index (χ0n) is 18.4. The van der Waals surface area contributed by atoms with Crippen molar-refractivity contribution in [2.45, 2.75) is 19.8 Å². The number of carbonyl (C=O) groups is 2. The lowest BCUT2D eigenvalue weighted by atomic mass is 10.0. The van der Waals surface area contributed by atoms with Crippen LogP contribution < -0.4 is 10.1 Å². The van der Waals surface area contributed by atoms with E-state index in [0.717, 1.165) is 31.6 Å². The molecule has 0 saturated carbocycles. The summed E-state index contributed by atoms with van der Waals surface area (Å²) >= 11 is 7.28.